The zero-order valence-electron chi connectivity index (χ0n) is 6.93. The molecule has 0 aromatic carbocycles. The highest BCUT2D eigenvalue weighted by atomic mass is 16.4. The molecule has 0 radical (unpaired) electrons. The van der Waals surface area contributed by atoms with Gasteiger partial charge in [0.1, 0.15) is 5.82 Å². The molecule has 5 heteroatoms. The summed E-state index contributed by atoms with van der Waals surface area (Å²) in [6.07, 6.45) is 1.59. The lowest BCUT2D eigenvalue weighted by Gasteiger charge is -1.97. The van der Waals surface area contributed by atoms with E-state index in [9.17, 15) is 4.79 Å². The molecule has 0 unspecified atom stereocenters. The van der Waals surface area contributed by atoms with Gasteiger partial charge in [-0.25, -0.2) is 14.3 Å². The minimum Gasteiger partial charge on any atom is -0.477 e. The number of fused-ring (bicyclic) bond motifs is 1. The Balaban J connectivity index is 2.79. The van der Waals surface area contributed by atoms with Gasteiger partial charge in [0.25, 0.3) is 0 Å². The van der Waals surface area contributed by atoms with Crippen molar-refractivity contribution in [1.29, 1.82) is 0 Å². The van der Waals surface area contributed by atoms with Gasteiger partial charge in [-0.2, -0.15) is 5.10 Å². The van der Waals surface area contributed by atoms with Crippen LogP contribution in [0.5, 0.6) is 0 Å². The van der Waals surface area contributed by atoms with Gasteiger partial charge in [0.05, 0.1) is 11.7 Å². The number of hydrogen-bond acceptors (Lipinski definition) is 3. The van der Waals surface area contributed by atoms with Crippen LogP contribution in [0.2, 0.25) is 0 Å². The molecule has 0 amide bonds. The molecule has 2 aromatic rings. The van der Waals surface area contributed by atoms with E-state index in [0.717, 1.165) is 0 Å². The predicted octanol–water partition coefficient (Wildman–Crippen LogP) is 0.736. The van der Waals surface area contributed by atoms with Crippen LogP contribution in [0.1, 0.15) is 16.3 Å². The van der Waals surface area contributed by atoms with E-state index < -0.39 is 5.97 Å². The summed E-state index contributed by atoms with van der Waals surface area (Å²) >= 11 is 0. The minimum absolute atomic E-state index is 0.153. The van der Waals surface area contributed by atoms with E-state index in [4.69, 9.17) is 5.11 Å². The van der Waals surface area contributed by atoms with Crippen LogP contribution in [-0.2, 0) is 0 Å². The van der Waals surface area contributed by atoms with Gasteiger partial charge in [0, 0.05) is 0 Å². The van der Waals surface area contributed by atoms with Crippen LogP contribution in [0, 0.1) is 6.92 Å². The van der Waals surface area contributed by atoms with Gasteiger partial charge in [-0.15, -0.1) is 0 Å². The summed E-state index contributed by atoms with van der Waals surface area (Å²) in [7, 11) is 0. The van der Waals surface area contributed by atoms with E-state index >= 15 is 0 Å². The Kier molecular flexibility index (Phi) is 1.51. The Morgan fingerprint density at radius 1 is 1.54 bits per heavy atom. The van der Waals surface area contributed by atoms with Crippen LogP contribution >= 0.6 is 0 Å². The fourth-order valence-corrected chi connectivity index (χ4v) is 1.15. The molecule has 0 aliphatic carbocycles. The van der Waals surface area contributed by atoms with Gasteiger partial charge in [0.2, 0.25) is 0 Å². The molecule has 2 heterocycles. The molecule has 0 atom stereocenters. The molecular weight excluding hydrogens is 170 g/mol. The van der Waals surface area contributed by atoms with Crippen LogP contribution in [-0.4, -0.2) is 25.7 Å². The van der Waals surface area contributed by atoms with Crippen LogP contribution in [0.4, 0.5) is 0 Å². The lowest BCUT2D eigenvalue weighted by Crippen LogP contribution is -2.05. The monoisotopic (exact) mass is 177 g/mol. The van der Waals surface area contributed by atoms with Crippen LogP contribution in [0.25, 0.3) is 5.52 Å². The number of nitrogens with zero attached hydrogens (tertiary/aromatic N) is 3. The molecule has 0 aliphatic rings. The summed E-state index contributed by atoms with van der Waals surface area (Å²) in [5.41, 5.74) is 0.837. The Hall–Kier alpha value is -1.91. The maximum Gasteiger partial charge on any atom is 0.354 e. The van der Waals surface area contributed by atoms with Crippen molar-refractivity contribution in [3.8, 4) is 0 Å². The molecule has 13 heavy (non-hydrogen) atoms. The zero-order valence-corrected chi connectivity index (χ0v) is 6.93. The van der Waals surface area contributed by atoms with Crippen molar-refractivity contribution in [2.24, 2.45) is 0 Å². The van der Waals surface area contributed by atoms with Crippen LogP contribution < -0.4 is 0 Å². The van der Waals surface area contributed by atoms with Crippen molar-refractivity contribution in [2.45, 2.75) is 6.92 Å². The number of aryl methyl sites for hydroxylation is 1. The van der Waals surface area contributed by atoms with Crippen LogP contribution in [0.3, 0.4) is 0 Å². The van der Waals surface area contributed by atoms with Gasteiger partial charge < -0.3 is 5.11 Å². The van der Waals surface area contributed by atoms with Gasteiger partial charge >= 0.3 is 5.97 Å². The molecule has 1 N–H and O–H groups in total. The number of carbonyl (C=O) groups is 1. The summed E-state index contributed by atoms with van der Waals surface area (Å²) < 4.78 is 1.37. The number of aromatic carboxylic acids is 1. The third kappa shape index (κ3) is 1.14. The molecule has 0 aliphatic heterocycles. The number of carboxylic acid groups (broad SMARTS) is 1. The maximum atomic E-state index is 10.7. The maximum absolute atomic E-state index is 10.7. The summed E-state index contributed by atoms with van der Waals surface area (Å²) in [6, 6.07) is 3.18. The average molecular weight is 177 g/mol. The zero-order chi connectivity index (χ0) is 9.42. The molecule has 2 aromatic heterocycles. The van der Waals surface area contributed by atoms with Crippen molar-refractivity contribution in [2.75, 3.05) is 0 Å². The molecule has 66 valence electrons. The normalized spacial score (nSPS) is 10.5. The summed E-state index contributed by atoms with van der Waals surface area (Å²) in [5.74, 6) is -0.440. The van der Waals surface area contributed by atoms with Crippen molar-refractivity contribution >= 4 is 11.5 Å². The van der Waals surface area contributed by atoms with Crippen molar-refractivity contribution in [3.05, 3.63) is 29.8 Å². The lowest BCUT2D eigenvalue weighted by molar-refractivity contribution is 0.0688. The van der Waals surface area contributed by atoms with E-state index in [0.29, 0.717) is 11.3 Å². The second-order valence-corrected chi connectivity index (χ2v) is 2.67. The molecule has 0 spiro atoms. The highest BCUT2D eigenvalue weighted by Crippen LogP contribution is 2.07. The molecule has 2 rings (SSSR count). The fraction of sp³-hybridized carbons (Fsp3) is 0.125. The summed E-state index contributed by atoms with van der Waals surface area (Å²) in [4.78, 5) is 14.7. The molecule has 0 saturated carbocycles. The van der Waals surface area contributed by atoms with Crippen molar-refractivity contribution < 1.29 is 9.90 Å². The van der Waals surface area contributed by atoms with Gasteiger partial charge in [-0.05, 0) is 19.1 Å². The number of aromatic nitrogens is 3. The highest BCUT2D eigenvalue weighted by Gasteiger charge is 2.09. The molecular formula is C8H7N3O2. The van der Waals surface area contributed by atoms with Gasteiger partial charge in [-0.1, -0.05) is 0 Å². The van der Waals surface area contributed by atoms with E-state index in [-0.39, 0.29) is 5.69 Å². The molecule has 0 fully saturated rings. The van der Waals surface area contributed by atoms with Crippen molar-refractivity contribution in [1.82, 2.24) is 14.6 Å². The smallest absolute Gasteiger partial charge is 0.354 e. The largest absolute Gasteiger partial charge is 0.477 e. The highest BCUT2D eigenvalue weighted by molar-refractivity contribution is 5.87. The molecule has 0 saturated heterocycles. The third-order valence-corrected chi connectivity index (χ3v) is 1.73. The number of carboxylic acids is 1. The first kappa shape index (κ1) is 7.72. The Bertz CT molecular complexity index is 475. The van der Waals surface area contributed by atoms with Gasteiger partial charge in [-0.3, -0.25) is 0 Å². The summed E-state index contributed by atoms with van der Waals surface area (Å²) in [5, 5.41) is 12.8. The predicted molar refractivity (Wildman–Crippen MR) is 44.7 cm³/mol. The molecule has 0 bridgehead atoms. The lowest BCUT2D eigenvalue weighted by atomic mass is 10.4. The van der Waals surface area contributed by atoms with E-state index in [1.54, 1.807) is 19.2 Å². The van der Waals surface area contributed by atoms with Gasteiger partial charge in [0.15, 0.2) is 5.69 Å². The quantitative estimate of drug-likeness (QED) is 0.697. The second-order valence-electron chi connectivity index (χ2n) is 2.67. The topological polar surface area (TPSA) is 67.5 Å². The first-order valence-corrected chi connectivity index (χ1v) is 3.73. The first-order chi connectivity index (χ1) is 6.18. The Morgan fingerprint density at radius 2 is 2.31 bits per heavy atom. The van der Waals surface area contributed by atoms with E-state index in [1.807, 2.05) is 0 Å². The second kappa shape index (κ2) is 2.55. The summed E-state index contributed by atoms with van der Waals surface area (Å²) in [6.45, 7) is 1.71. The average Bonchev–Trinajstić information content (AvgIpc) is 2.46. The van der Waals surface area contributed by atoms with Crippen molar-refractivity contribution in [3.63, 3.8) is 0 Å². The van der Waals surface area contributed by atoms with E-state index in [1.165, 1.54) is 10.6 Å². The number of hydrogen-bond donors (Lipinski definition) is 1. The third-order valence-electron chi connectivity index (χ3n) is 1.73. The Morgan fingerprint density at radius 3 is 3.00 bits per heavy atom. The fourth-order valence-electron chi connectivity index (χ4n) is 1.15. The van der Waals surface area contributed by atoms with E-state index in [2.05, 4.69) is 10.1 Å². The Labute approximate surface area is 73.6 Å². The standard InChI is InChI=1S/C8H7N3O2/c1-5-9-4-6-2-3-7(8(12)13)11(6)10-5/h2-4H,1H3,(H,12,13). The minimum atomic E-state index is -0.988. The first-order valence-electron chi connectivity index (χ1n) is 3.73. The van der Waals surface area contributed by atoms with Crippen LogP contribution in [0.15, 0.2) is 18.3 Å². The SMILES string of the molecule is Cc1ncc2ccc(C(=O)O)n2n1. The number of rotatable bonds is 1. The molecule has 5 nitrogen and oxygen atoms in total.